The van der Waals surface area contributed by atoms with Gasteiger partial charge in [-0.2, -0.15) is 0 Å². The molecule has 2 aromatic heterocycles. The fourth-order valence-corrected chi connectivity index (χ4v) is 6.26. The summed E-state index contributed by atoms with van der Waals surface area (Å²) in [5, 5.41) is 4.03. The molecule has 0 aliphatic carbocycles. The normalized spacial score (nSPS) is 19.5. The Balaban J connectivity index is 1.37. The minimum absolute atomic E-state index is 0.00271. The molecule has 1 unspecified atom stereocenters. The summed E-state index contributed by atoms with van der Waals surface area (Å²) in [5.41, 5.74) is 0.452. The Morgan fingerprint density at radius 1 is 1.00 bits per heavy atom. The molecule has 2 aliphatic heterocycles. The van der Waals surface area contributed by atoms with Crippen molar-refractivity contribution in [3.63, 3.8) is 0 Å². The zero-order valence-corrected chi connectivity index (χ0v) is 20.0. The highest BCUT2D eigenvalue weighted by molar-refractivity contribution is 7.10. The van der Waals surface area contributed by atoms with E-state index in [-0.39, 0.29) is 30.7 Å². The molecular formula is C25H25N3O3S2. The fourth-order valence-electron chi connectivity index (χ4n) is 4.82. The van der Waals surface area contributed by atoms with E-state index in [1.54, 1.807) is 38.5 Å². The number of anilines is 1. The third-order valence-corrected chi connectivity index (χ3v) is 8.22. The van der Waals surface area contributed by atoms with Gasteiger partial charge in [-0.3, -0.25) is 19.3 Å². The number of para-hydroxylation sites is 1. The van der Waals surface area contributed by atoms with Gasteiger partial charge in [0.05, 0.1) is 24.3 Å². The second kappa shape index (κ2) is 8.76. The number of fused-ring (bicyclic) bond motifs is 3. The smallest absolute Gasteiger partial charge is 0.257 e. The summed E-state index contributed by atoms with van der Waals surface area (Å²) in [7, 11) is 0. The third-order valence-electron chi connectivity index (χ3n) is 6.50. The van der Waals surface area contributed by atoms with Crippen LogP contribution in [-0.2, 0) is 22.7 Å². The van der Waals surface area contributed by atoms with Gasteiger partial charge in [0.1, 0.15) is 5.66 Å². The minimum Gasteiger partial charge on any atom is -0.332 e. The van der Waals surface area contributed by atoms with Crippen LogP contribution in [0.3, 0.4) is 0 Å². The van der Waals surface area contributed by atoms with Gasteiger partial charge in [0.25, 0.3) is 5.91 Å². The van der Waals surface area contributed by atoms with Crippen LogP contribution in [0.4, 0.5) is 5.69 Å². The van der Waals surface area contributed by atoms with Gasteiger partial charge in [0, 0.05) is 29.1 Å². The first-order chi connectivity index (χ1) is 16.0. The first-order valence-electron chi connectivity index (χ1n) is 11.0. The van der Waals surface area contributed by atoms with E-state index in [1.807, 2.05) is 65.0 Å². The van der Waals surface area contributed by atoms with Crippen LogP contribution in [0.25, 0.3) is 0 Å². The Morgan fingerprint density at radius 3 is 2.30 bits per heavy atom. The van der Waals surface area contributed by atoms with E-state index >= 15 is 0 Å². The van der Waals surface area contributed by atoms with Crippen molar-refractivity contribution in [1.82, 2.24) is 9.80 Å². The van der Waals surface area contributed by atoms with E-state index < -0.39 is 5.66 Å². The molecule has 1 aromatic carbocycles. The van der Waals surface area contributed by atoms with Gasteiger partial charge >= 0.3 is 0 Å². The fraction of sp³-hybridized carbons (Fsp3) is 0.320. The number of carbonyl (C=O) groups is 3. The molecule has 1 atom stereocenters. The van der Waals surface area contributed by atoms with Crippen molar-refractivity contribution in [3.8, 4) is 0 Å². The lowest BCUT2D eigenvalue weighted by Gasteiger charge is -2.48. The topological polar surface area (TPSA) is 60.9 Å². The number of hydrogen-bond donors (Lipinski definition) is 0. The zero-order chi connectivity index (χ0) is 23.0. The molecule has 6 nitrogen and oxygen atoms in total. The summed E-state index contributed by atoms with van der Waals surface area (Å²) in [6.07, 6.45) is 1.17. The maximum Gasteiger partial charge on any atom is 0.257 e. The molecular weight excluding hydrogens is 454 g/mol. The SMILES string of the molecule is CC12CCC(=O)N1c1ccccc1C(=O)N2CCC(=O)N(Cc1cccs1)Cc1cccs1. The molecule has 1 saturated heterocycles. The molecule has 33 heavy (non-hydrogen) atoms. The Hall–Kier alpha value is -2.97. The van der Waals surface area contributed by atoms with Crippen LogP contribution in [-0.4, -0.2) is 39.7 Å². The summed E-state index contributed by atoms with van der Waals surface area (Å²) >= 11 is 3.27. The van der Waals surface area contributed by atoms with Gasteiger partial charge in [0.15, 0.2) is 0 Å². The molecule has 0 spiro atoms. The van der Waals surface area contributed by atoms with E-state index in [0.717, 1.165) is 9.75 Å². The summed E-state index contributed by atoms with van der Waals surface area (Å²) in [6, 6.07) is 15.3. The van der Waals surface area contributed by atoms with Gasteiger partial charge in [-0.05, 0) is 48.4 Å². The summed E-state index contributed by atoms with van der Waals surface area (Å²) in [4.78, 5) is 47.1. The maximum absolute atomic E-state index is 13.4. The zero-order valence-electron chi connectivity index (χ0n) is 18.4. The Kier molecular flexibility index (Phi) is 5.80. The average molecular weight is 480 g/mol. The molecule has 170 valence electrons. The van der Waals surface area contributed by atoms with Gasteiger partial charge in [0.2, 0.25) is 11.8 Å². The highest BCUT2D eigenvalue weighted by Gasteiger charge is 2.52. The van der Waals surface area contributed by atoms with Crippen molar-refractivity contribution < 1.29 is 14.4 Å². The molecule has 8 heteroatoms. The molecule has 5 rings (SSSR count). The molecule has 3 aromatic rings. The van der Waals surface area contributed by atoms with Crippen LogP contribution in [0.5, 0.6) is 0 Å². The lowest BCUT2D eigenvalue weighted by molar-refractivity contribution is -0.132. The van der Waals surface area contributed by atoms with Crippen molar-refractivity contribution in [1.29, 1.82) is 0 Å². The van der Waals surface area contributed by atoms with E-state index in [2.05, 4.69) is 0 Å². The lowest BCUT2D eigenvalue weighted by atomic mass is 9.98. The standard InChI is InChI=1S/C25H25N3O3S2/c1-25-12-10-23(30)28(25)21-9-3-2-8-20(21)24(31)27(25)13-11-22(29)26(16-18-6-4-14-32-18)17-19-7-5-15-33-19/h2-9,14-15H,10-13,16-17H2,1H3. The number of carbonyl (C=O) groups excluding carboxylic acids is 3. The van der Waals surface area contributed by atoms with Crippen molar-refractivity contribution in [2.24, 2.45) is 0 Å². The monoisotopic (exact) mass is 479 g/mol. The van der Waals surface area contributed by atoms with Crippen LogP contribution in [0.15, 0.2) is 59.3 Å². The van der Waals surface area contributed by atoms with Crippen molar-refractivity contribution in [3.05, 3.63) is 74.6 Å². The number of nitrogens with zero attached hydrogens (tertiary/aromatic N) is 3. The van der Waals surface area contributed by atoms with E-state index in [9.17, 15) is 14.4 Å². The Bertz CT molecular complexity index is 1140. The van der Waals surface area contributed by atoms with Gasteiger partial charge in [-0.1, -0.05) is 24.3 Å². The molecule has 2 aliphatic rings. The molecule has 4 heterocycles. The van der Waals surface area contributed by atoms with Gasteiger partial charge in [-0.25, -0.2) is 0 Å². The van der Waals surface area contributed by atoms with Crippen LogP contribution in [0, 0.1) is 0 Å². The Labute approximate surface area is 201 Å². The lowest BCUT2D eigenvalue weighted by Crippen LogP contribution is -2.62. The Morgan fingerprint density at radius 2 is 1.67 bits per heavy atom. The van der Waals surface area contributed by atoms with Crippen LogP contribution in [0.1, 0.15) is 46.3 Å². The van der Waals surface area contributed by atoms with E-state index in [1.165, 1.54) is 0 Å². The highest BCUT2D eigenvalue weighted by Crippen LogP contribution is 2.44. The van der Waals surface area contributed by atoms with Crippen LogP contribution in [0.2, 0.25) is 0 Å². The minimum atomic E-state index is -0.741. The molecule has 0 saturated carbocycles. The molecule has 1 fully saturated rings. The second-order valence-corrected chi connectivity index (χ2v) is 10.6. The van der Waals surface area contributed by atoms with Crippen LogP contribution >= 0.6 is 22.7 Å². The molecule has 0 N–H and O–H groups in total. The first kappa shape index (κ1) is 21.9. The maximum atomic E-state index is 13.4. The van der Waals surface area contributed by atoms with Crippen molar-refractivity contribution in [2.75, 3.05) is 11.4 Å². The predicted octanol–water partition coefficient (Wildman–Crippen LogP) is 4.73. The molecule has 0 radical (unpaired) electrons. The highest BCUT2D eigenvalue weighted by atomic mass is 32.1. The number of rotatable bonds is 7. The molecule has 3 amide bonds. The third kappa shape index (κ3) is 3.98. The van der Waals surface area contributed by atoms with Crippen LogP contribution < -0.4 is 4.90 Å². The number of hydrogen-bond acceptors (Lipinski definition) is 5. The van der Waals surface area contributed by atoms with Gasteiger partial charge in [-0.15, -0.1) is 22.7 Å². The van der Waals surface area contributed by atoms with Gasteiger partial charge < -0.3 is 9.80 Å². The number of amides is 3. The largest absolute Gasteiger partial charge is 0.332 e. The summed E-state index contributed by atoms with van der Waals surface area (Å²) in [5.74, 6) is -0.0939. The number of benzene rings is 1. The van der Waals surface area contributed by atoms with E-state index in [4.69, 9.17) is 0 Å². The number of thiophene rings is 2. The second-order valence-electron chi connectivity index (χ2n) is 8.58. The quantitative estimate of drug-likeness (QED) is 0.492. The summed E-state index contributed by atoms with van der Waals surface area (Å²) in [6.45, 7) is 3.31. The first-order valence-corrected chi connectivity index (χ1v) is 12.8. The van der Waals surface area contributed by atoms with E-state index in [0.29, 0.717) is 37.2 Å². The van der Waals surface area contributed by atoms with Crippen molar-refractivity contribution in [2.45, 2.75) is 44.9 Å². The van der Waals surface area contributed by atoms with Crippen molar-refractivity contribution >= 4 is 46.1 Å². The molecule has 0 bridgehead atoms. The average Bonchev–Trinajstić information content (AvgIpc) is 3.56. The summed E-state index contributed by atoms with van der Waals surface area (Å²) < 4.78 is 0. The predicted molar refractivity (Wildman–Crippen MR) is 130 cm³/mol.